The maximum atomic E-state index is 15.4. The van der Waals surface area contributed by atoms with Gasteiger partial charge in [0.1, 0.15) is 22.8 Å². The smallest absolute Gasteiger partial charge is 0.151 e. The van der Waals surface area contributed by atoms with Crippen LogP contribution in [0.1, 0.15) is 64.2 Å². The van der Waals surface area contributed by atoms with Gasteiger partial charge in [0.15, 0.2) is 5.82 Å². The van der Waals surface area contributed by atoms with Crippen molar-refractivity contribution in [2.75, 3.05) is 39.5 Å². The Hall–Kier alpha value is -3.65. The van der Waals surface area contributed by atoms with Crippen molar-refractivity contribution >= 4 is 27.9 Å². The number of H-pyrrole nitrogens is 1. The van der Waals surface area contributed by atoms with Crippen LogP contribution < -0.4 is 5.32 Å². The number of allylic oxidation sites excluding steroid dienone is 3. The fourth-order valence-electron chi connectivity index (χ4n) is 5.98. The van der Waals surface area contributed by atoms with E-state index in [0.717, 1.165) is 96.6 Å². The minimum atomic E-state index is -0.283. The van der Waals surface area contributed by atoms with Crippen LogP contribution in [0.15, 0.2) is 54.0 Å². The highest BCUT2D eigenvalue weighted by atomic mass is 19.1. The van der Waals surface area contributed by atoms with E-state index in [1.165, 1.54) is 5.70 Å². The first-order chi connectivity index (χ1) is 19.8. The van der Waals surface area contributed by atoms with Gasteiger partial charge in [0.25, 0.3) is 0 Å². The van der Waals surface area contributed by atoms with Gasteiger partial charge >= 0.3 is 0 Å². The summed E-state index contributed by atoms with van der Waals surface area (Å²) in [6.45, 7) is 8.41. The average Bonchev–Trinajstić information content (AvgIpc) is 3.52. The summed E-state index contributed by atoms with van der Waals surface area (Å²) in [5.41, 5.74) is 6.25. The minimum Gasteiger partial charge on any atom is -0.377 e. The summed E-state index contributed by atoms with van der Waals surface area (Å²) in [6.07, 6.45) is 12.7. The Labute approximate surface area is 243 Å². The number of pyridine rings is 1. The fourth-order valence-corrected chi connectivity index (χ4v) is 5.98. The first-order valence-electron chi connectivity index (χ1n) is 15.0. The van der Waals surface area contributed by atoms with Crippen molar-refractivity contribution in [1.82, 2.24) is 29.3 Å². The molecule has 0 aliphatic heterocycles. The van der Waals surface area contributed by atoms with Gasteiger partial charge in [-0.25, -0.2) is 14.4 Å². The molecule has 1 aromatic carbocycles. The lowest BCUT2D eigenvalue weighted by molar-refractivity contribution is 0.319. The molecule has 0 fully saturated rings. The lowest BCUT2D eigenvalue weighted by atomic mass is 10.0. The number of likely N-dealkylation sites (N-methyl/N-ethyl adjacent to an activating group) is 2. The number of anilines is 1. The van der Waals surface area contributed by atoms with Crippen LogP contribution in [0.3, 0.4) is 0 Å². The Morgan fingerprint density at radius 2 is 1.85 bits per heavy atom. The van der Waals surface area contributed by atoms with Crippen LogP contribution in [0.25, 0.3) is 33.2 Å². The predicted molar refractivity (Wildman–Crippen MR) is 169 cm³/mol. The van der Waals surface area contributed by atoms with Crippen molar-refractivity contribution in [1.29, 1.82) is 0 Å². The molecule has 0 saturated carbocycles. The highest BCUT2D eigenvalue weighted by Gasteiger charge is 2.20. The summed E-state index contributed by atoms with van der Waals surface area (Å²) >= 11 is 0. The third kappa shape index (κ3) is 6.17. The Bertz CT molecular complexity index is 1570. The van der Waals surface area contributed by atoms with E-state index in [1.54, 1.807) is 6.07 Å². The highest BCUT2D eigenvalue weighted by Crippen LogP contribution is 2.35. The predicted octanol–water partition coefficient (Wildman–Crippen LogP) is 7.64. The van der Waals surface area contributed by atoms with E-state index in [2.05, 4.69) is 88.9 Å². The maximum Gasteiger partial charge on any atom is 0.151 e. The van der Waals surface area contributed by atoms with Gasteiger partial charge in [-0.3, -0.25) is 0 Å². The second-order valence-corrected chi connectivity index (χ2v) is 11.6. The van der Waals surface area contributed by atoms with E-state index in [1.807, 2.05) is 19.2 Å². The van der Waals surface area contributed by atoms with Gasteiger partial charge in [-0.1, -0.05) is 32.8 Å². The number of nitrogens with one attached hydrogen (secondary N) is 2. The number of nitrogens with zero attached hydrogens (tertiary/aromatic N) is 5. The molecular formula is C33H44FN7. The number of halogens is 1. The van der Waals surface area contributed by atoms with Crippen LogP contribution in [0, 0.1) is 12.7 Å². The zero-order valence-corrected chi connectivity index (χ0v) is 25.4. The van der Waals surface area contributed by atoms with E-state index in [-0.39, 0.29) is 5.82 Å². The van der Waals surface area contributed by atoms with Gasteiger partial charge in [-0.15, -0.1) is 0 Å². The molecule has 0 spiro atoms. The SMILES string of the molecule is CCCC(CCC)n1c(C)nc2c(F)cc(-c3c[nH]c4nc(NC5=CCCC(N(C)CCN(C)C)=C5)ccc34)cc21. The van der Waals surface area contributed by atoms with Gasteiger partial charge in [0.2, 0.25) is 0 Å². The highest BCUT2D eigenvalue weighted by molar-refractivity contribution is 5.96. The van der Waals surface area contributed by atoms with Crippen LogP contribution in [-0.2, 0) is 0 Å². The van der Waals surface area contributed by atoms with Crippen molar-refractivity contribution in [3.63, 3.8) is 0 Å². The molecule has 218 valence electrons. The van der Waals surface area contributed by atoms with E-state index in [0.29, 0.717) is 11.6 Å². The molecule has 1 aliphatic carbocycles. The Morgan fingerprint density at radius 1 is 1.07 bits per heavy atom. The summed E-state index contributed by atoms with van der Waals surface area (Å²) in [4.78, 5) is 17.4. The van der Waals surface area contributed by atoms with Crippen LogP contribution in [0.2, 0.25) is 0 Å². The number of aromatic amines is 1. The summed E-state index contributed by atoms with van der Waals surface area (Å²) in [7, 11) is 6.36. The molecule has 0 amide bonds. The lowest BCUT2D eigenvalue weighted by Crippen LogP contribution is -2.29. The molecule has 0 saturated heterocycles. The van der Waals surface area contributed by atoms with Gasteiger partial charge in [-0.2, -0.15) is 0 Å². The van der Waals surface area contributed by atoms with E-state index in [4.69, 9.17) is 4.98 Å². The zero-order chi connectivity index (χ0) is 29.1. The molecule has 0 radical (unpaired) electrons. The summed E-state index contributed by atoms with van der Waals surface area (Å²) in [5, 5.41) is 4.46. The van der Waals surface area contributed by atoms with Crippen LogP contribution in [-0.4, -0.2) is 63.6 Å². The molecule has 0 atom stereocenters. The zero-order valence-electron chi connectivity index (χ0n) is 25.4. The number of aromatic nitrogens is 4. The summed E-state index contributed by atoms with van der Waals surface area (Å²) in [5.74, 6) is 1.37. The Balaban J connectivity index is 1.42. The molecule has 0 unspecified atom stereocenters. The van der Waals surface area contributed by atoms with Gasteiger partial charge in [-0.05, 0) is 82.6 Å². The van der Waals surface area contributed by atoms with E-state index in [9.17, 15) is 0 Å². The van der Waals surface area contributed by atoms with Gasteiger partial charge in [0.05, 0.1) is 5.52 Å². The third-order valence-corrected chi connectivity index (χ3v) is 8.12. The molecule has 2 N–H and O–H groups in total. The van der Waals surface area contributed by atoms with E-state index < -0.39 is 0 Å². The molecule has 3 aromatic heterocycles. The number of imidazole rings is 1. The second kappa shape index (κ2) is 12.5. The maximum absolute atomic E-state index is 15.4. The molecule has 1 aliphatic rings. The lowest BCUT2D eigenvalue weighted by Gasteiger charge is -2.26. The standard InChI is InChI=1S/C33H44FN7/c1-7-10-25(11-8-2)41-22(3)36-32-29(34)18-23(19-30(32)41)28-21-35-33-27(28)14-15-31(38-33)37-24-12-9-13-26(20-24)40(6)17-16-39(4)5/h12,14-15,18-21,25H,7-11,13,16-17H2,1-6H3,(H2,35,37,38). The van der Waals surface area contributed by atoms with Crippen molar-refractivity contribution in [2.45, 2.75) is 65.3 Å². The Morgan fingerprint density at radius 3 is 2.59 bits per heavy atom. The molecule has 5 rings (SSSR count). The molecule has 8 heteroatoms. The van der Waals surface area contributed by atoms with Crippen LogP contribution in [0.4, 0.5) is 10.2 Å². The number of rotatable bonds is 12. The van der Waals surface area contributed by atoms with Gasteiger partial charge < -0.3 is 24.7 Å². The molecular weight excluding hydrogens is 513 g/mol. The topological polar surface area (TPSA) is 65.0 Å². The van der Waals surface area contributed by atoms with Crippen LogP contribution in [0.5, 0.6) is 0 Å². The monoisotopic (exact) mass is 557 g/mol. The molecule has 3 heterocycles. The minimum absolute atomic E-state index is 0.283. The van der Waals surface area contributed by atoms with Crippen molar-refractivity contribution in [3.8, 4) is 11.1 Å². The Kier molecular flexibility index (Phi) is 8.78. The molecule has 0 bridgehead atoms. The van der Waals surface area contributed by atoms with Crippen molar-refractivity contribution in [2.24, 2.45) is 0 Å². The number of aryl methyl sites for hydroxylation is 1. The van der Waals surface area contributed by atoms with Gasteiger partial charge in [0, 0.05) is 54.7 Å². The fraction of sp³-hybridized carbons (Fsp3) is 0.455. The largest absolute Gasteiger partial charge is 0.377 e. The number of fused-ring (bicyclic) bond motifs is 2. The first-order valence-corrected chi connectivity index (χ1v) is 15.0. The quantitative estimate of drug-likeness (QED) is 0.187. The average molecular weight is 558 g/mol. The van der Waals surface area contributed by atoms with Crippen molar-refractivity contribution < 1.29 is 4.39 Å². The number of hydrogen-bond donors (Lipinski definition) is 2. The molecule has 4 aromatic rings. The first kappa shape index (κ1) is 28.9. The molecule has 41 heavy (non-hydrogen) atoms. The summed E-state index contributed by atoms with van der Waals surface area (Å²) < 4.78 is 17.7. The summed E-state index contributed by atoms with van der Waals surface area (Å²) in [6, 6.07) is 8.08. The van der Waals surface area contributed by atoms with Crippen LogP contribution >= 0.6 is 0 Å². The third-order valence-electron chi connectivity index (χ3n) is 8.12. The van der Waals surface area contributed by atoms with Crippen molar-refractivity contribution in [3.05, 3.63) is 65.7 Å². The number of benzene rings is 1. The molecule has 7 nitrogen and oxygen atoms in total. The number of hydrogen-bond acceptors (Lipinski definition) is 5. The van der Waals surface area contributed by atoms with E-state index >= 15 is 4.39 Å². The normalized spacial score (nSPS) is 13.9. The second-order valence-electron chi connectivity index (χ2n) is 11.6.